The molecule has 0 fully saturated rings. The Morgan fingerprint density at radius 1 is 1.15 bits per heavy atom. The summed E-state index contributed by atoms with van der Waals surface area (Å²) in [5, 5.41) is 5.17. The molecule has 8 heteroatoms. The SMILES string of the molecule is CSCCC(NC=O)C(=O)NC(CC(C)C)C(=O)Oc1ccc(C=O)cc1. The van der Waals surface area contributed by atoms with Gasteiger partial charge in [0.05, 0.1) is 0 Å². The van der Waals surface area contributed by atoms with Gasteiger partial charge in [-0.05, 0) is 55.0 Å². The van der Waals surface area contributed by atoms with Crippen LogP contribution in [0.4, 0.5) is 0 Å². The predicted octanol–water partition coefficient (Wildman–Crippen LogP) is 1.80. The number of thioether (sulfide) groups is 1. The van der Waals surface area contributed by atoms with Gasteiger partial charge in [0.15, 0.2) is 0 Å². The van der Waals surface area contributed by atoms with Gasteiger partial charge < -0.3 is 15.4 Å². The van der Waals surface area contributed by atoms with E-state index >= 15 is 0 Å². The van der Waals surface area contributed by atoms with Crippen molar-refractivity contribution in [3.8, 4) is 5.75 Å². The molecule has 0 aliphatic carbocycles. The molecule has 2 amide bonds. The van der Waals surface area contributed by atoms with Crippen molar-refractivity contribution in [3.63, 3.8) is 0 Å². The zero-order valence-corrected chi connectivity index (χ0v) is 16.6. The standard InChI is InChI=1S/C19H26N2O5S/c1-13(2)10-17(21-18(24)16(20-12-23)8-9-27-3)19(25)26-15-6-4-14(11-22)5-7-15/h4-7,11-13,16-17H,8-10H2,1-3H3,(H,20,23)(H,21,24). The van der Waals surface area contributed by atoms with Gasteiger partial charge in [0.25, 0.3) is 0 Å². The van der Waals surface area contributed by atoms with E-state index in [1.54, 1.807) is 11.8 Å². The Kier molecular flexibility index (Phi) is 10.2. The third kappa shape index (κ3) is 8.25. The number of esters is 1. The number of hydrogen-bond acceptors (Lipinski definition) is 6. The molecule has 0 radical (unpaired) electrons. The number of rotatable bonds is 12. The van der Waals surface area contributed by atoms with Gasteiger partial charge in [-0.2, -0.15) is 11.8 Å². The van der Waals surface area contributed by atoms with Crippen LogP contribution in [0.15, 0.2) is 24.3 Å². The van der Waals surface area contributed by atoms with E-state index in [-0.39, 0.29) is 5.92 Å². The highest BCUT2D eigenvalue weighted by atomic mass is 32.2. The molecule has 0 aliphatic rings. The van der Waals surface area contributed by atoms with Crippen molar-refractivity contribution in [1.29, 1.82) is 0 Å². The third-order valence-electron chi connectivity index (χ3n) is 3.74. The molecule has 0 aliphatic heterocycles. The molecule has 27 heavy (non-hydrogen) atoms. The molecule has 0 spiro atoms. The molecular formula is C19H26N2O5S. The lowest BCUT2D eigenvalue weighted by molar-refractivity contribution is -0.140. The molecule has 0 bridgehead atoms. The summed E-state index contributed by atoms with van der Waals surface area (Å²) in [6.45, 7) is 3.86. The number of benzene rings is 1. The Morgan fingerprint density at radius 2 is 1.81 bits per heavy atom. The minimum Gasteiger partial charge on any atom is -0.425 e. The second kappa shape index (κ2) is 12.1. The first-order valence-corrected chi connectivity index (χ1v) is 10.1. The Morgan fingerprint density at radius 3 is 2.33 bits per heavy atom. The molecule has 0 heterocycles. The van der Waals surface area contributed by atoms with Crippen LogP contribution < -0.4 is 15.4 Å². The molecular weight excluding hydrogens is 368 g/mol. The Bertz CT molecular complexity index is 633. The van der Waals surface area contributed by atoms with E-state index in [0.717, 1.165) is 0 Å². The van der Waals surface area contributed by atoms with Crippen molar-refractivity contribution in [2.24, 2.45) is 5.92 Å². The number of ether oxygens (including phenoxy) is 1. The lowest BCUT2D eigenvalue weighted by Crippen LogP contribution is -2.51. The van der Waals surface area contributed by atoms with Gasteiger partial charge in [-0.1, -0.05) is 13.8 Å². The van der Waals surface area contributed by atoms with Gasteiger partial charge in [0, 0.05) is 5.56 Å². The highest BCUT2D eigenvalue weighted by Crippen LogP contribution is 2.14. The van der Waals surface area contributed by atoms with Crippen LogP contribution >= 0.6 is 11.8 Å². The van der Waals surface area contributed by atoms with Crippen molar-refractivity contribution < 1.29 is 23.9 Å². The fourth-order valence-corrected chi connectivity index (χ4v) is 2.84. The number of aldehydes is 1. The van der Waals surface area contributed by atoms with Gasteiger partial charge in [-0.25, -0.2) is 4.79 Å². The van der Waals surface area contributed by atoms with Crippen molar-refractivity contribution in [2.45, 2.75) is 38.8 Å². The Labute approximate surface area is 163 Å². The van der Waals surface area contributed by atoms with Gasteiger partial charge in [0.1, 0.15) is 24.1 Å². The summed E-state index contributed by atoms with van der Waals surface area (Å²) in [5.74, 6) is 0.115. The summed E-state index contributed by atoms with van der Waals surface area (Å²) in [6.07, 6.45) is 3.94. The van der Waals surface area contributed by atoms with Gasteiger partial charge in [-0.15, -0.1) is 0 Å². The van der Waals surface area contributed by atoms with Gasteiger partial charge in [0.2, 0.25) is 12.3 Å². The maximum Gasteiger partial charge on any atom is 0.334 e. The normalized spacial score (nSPS) is 12.7. The minimum atomic E-state index is -0.839. The van der Waals surface area contributed by atoms with E-state index in [1.807, 2.05) is 20.1 Å². The van der Waals surface area contributed by atoms with Crippen molar-refractivity contribution in [3.05, 3.63) is 29.8 Å². The lowest BCUT2D eigenvalue weighted by atomic mass is 10.0. The van der Waals surface area contributed by atoms with E-state index in [9.17, 15) is 19.2 Å². The van der Waals surface area contributed by atoms with E-state index in [0.29, 0.717) is 42.6 Å². The number of carbonyl (C=O) groups is 4. The maximum absolute atomic E-state index is 12.5. The van der Waals surface area contributed by atoms with Crippen molar-refractivity contribution in [2.75, 3.05) is 12.0 Å². The van der Waals surface area contributed by atoms with E-state index in [1.165, 1.54) is 24.3 Å². The summed E-state index contributed by atoms with van der Waals surface area (Å²) in [7, 11) is 0. The first-order chi connectivity index (χ1) is 12.9. The fraction of sp³-hybridized carbons (Fsp3) is 0.474. The first-order valence-electron chi connectivity index (χ1n) is 8.67. The number of carbonyl (C=O) groups excluding carboxylic acids is 4. The molecule has 0 saturated heterocycles. The Balaban J connectivity index is 2.82. The van der Waals surface area contributed by atoms with Crippen LogP contribution in [0, 0.1) is 5.92 Å². The average molecular weight is 394 g/mol. The fourth-order valence-electron chi connectivity index (χ4n) is 2.37. The first kappa shape index (κ1) is 22.7. The van der Waals surface area contributed by atoms with Crippen LogP contribution in [0.1, 0.15) is 37.0 Å². The molecule has 0 aromatic heterocycles. The Hall–Kier alpha value is -2.35. The zero-order valence-electron chi connectivity index (χ0n) is 15.8. The highest BCUT2D eigenvalue weighted by Gasteiger charge is 2.27. The van der Waals surface area contributed by atoms with Crippen LogP contribution in [-0.4, -0.2) is 48.7 Å². The summed E-state index contributed by atoms with van der Waals surface area (Å²) in [4.78, 5) is 46.5. The largest absolute Gasteiger partial charge is 0.425 e. The molecule has 2 N–H and O–H groups in total. The molecule has 1 aromatic carbocycles. The monoisotopic (exact) mass is 394 g/mol. The molecule has 1 rings (SSSR count). The summed E-state index contributed by atoms with van der Waals surface area (Å²) < 4.78 is 5.33. The van der Waals surface area contributed by atoms with Crippen LogP contribution in [0.2, 0.25) is 0 Å². The molecule has 2 unspecified atom stereocenters. The van der Waals surface area contributed by atoms with Crippen LogP contribution in [0.25, 0.3) is 0 Å². The number of hydrogen-bond donors (Lipinski definition) is 2. The van der Waals surface area contributed by atoms with Crippen molar-refractivity contribution in [1.82, 2.24) is 10.6 Å². The predicted molar refractivity (Wildman–Crippen MR) is 105 cm³/mol. The quantitative estimate of drug-likeness (QED) is 0.318. The summed E-state index contributed by atoms with van der Waals surface area (Å²) in [6, 6.07) is 4.57. The lowest BCUT2D eigenvalue weighted by Gasteiger charge is -2.22. The highest BCUT2D eigenvalue weighted by molar-refractivity contribution is 7.98. The number of nitrogens with one attached hydrogen (secondary N) is 2. The minimum absolute atomic E-state index is 0.143. The van der Waals surface area contributed by atoms with Gasteiger partial charge >= 0.3 is 5.97 Å². The second-order valence-corrected chi connectivity index (χ2v) is 7.40. The topological polar surface area (TPSA) is 102 Å². The average Bonchev–Trinajstić information content (AvgIpc) is 2.64. The zero-order chi connectivity index (χ0) is 20.2. The van der Waals surface area contributed by atoms with Gasteiger partial charge in [-0.3, -0.25) is 14.4 Å². The molecule has 1 aromatic rings. The third-order valence-corrected chi connectivity index (χ3v) is 4.38. The van der Waals surface area contributed by atoms with Crippen LogP contribution in [0.3, 0.4) is 0 Å². The summed E-state index contributed by atoms with van der Waals surface area (Å²) >= 11 is 1.56. The van der Waals surface area contributed by atoms with Crippen LogP contribution in [0.5, 0.6) is 5.75 Å². The molecule has 2 atom stereocenters. The van der Waals surface area contributed by atoms with E-state index in [4.69, 9.17) is 4.74 Å². The maximum atomic E-state index is 12.5. The van der Waals surface area contributed by atoms with Crippen molar-refractivity contribution >= 4 is 36.3 Å². The summed E-state index contributed by atoms with van der Waals surface area (Å²) in [5.41, 5.74) is 0.471. The number of amides is 2. The smallest absolute Gasteiger partial charge is 0.334 e. The van der Waals surface area contributed by atoms with Crippen LogP contribution in [-0.2, 0) is 14.4 Å². The van der Waals surface area contributed by atoms with E-state index in [2.05, 4.69) is 10.6 Å². The second-order valence-electron chi connectivity index (χ2n) is 6.42. The molecule has 148 valence electrons. The molecule has 0 saturated carbocycles. The molecule has 7 nitrogen and oxygen atoms in total. The van der Waals surface area contributed by atoms with E-state index < -0.39 is 24.0 Å².